The average molecular weight is 437 g/mol. The lowest BCUT2D eigenvalue weighted by Gasteiger charge is -2.39. The van der Waals surface area contributed by atoms with Gasteiger partial charge in [-0.2, -0.15) is 0 Å². The largest absolute Gasteiger partial charge is 0.493 e. The van der Waals surface area contributed by atoms with Crippen LogP contribution in [0, 0.1) is 5.92 Å². The minimum atomic E-state index is -0.146. The average Bonchev–Trinajstić information content (AvgIpc) is 2.85. The van der Waals surface area contributed by atoms with Crippen molar-refractivity contribution in [2.75, 3.05) is 32.6 Å². The summed E-state index contributed by atoms with van der Waals surface area (Å²) in [7, 11) is 3.72. The van der Waals surface area contributed by atoms with Crippen LogP contribution in [0.4, 0.5) is 5.69 Å². The van der Waals surface area contributed by atoms with Crippen LogP contribution in [0.2, 0.25) is 0 Å². The highest BCUT2D eigenvalue weighted by atomic mass is 16.5. The molecule has 0 amide bonds. The third kappa shape index (κ3) is 5.26. The maximum absolute atomic E-state index is 13.7. The van der Waals surface area contributed by atoms with E-state index in [0.29, 0.717) is 18.9 Å². The van der Waals surface area contributed by atoms with Crippen LogP contribution < -0.4 is 14.8 Å². The molecule has 1 N–H and O–H groups in total. The van der Waals surface area contributed by atoms with Gasteiger partial charge in [0.05, 0.1) is 13.2 Å². The molecular weight excluding hydrogens is 400 g/mol. The van der Waals surface area contributed by atoms with E-state index in [0.717, 1.165) is 37.2 Å². The molecule has 1 aliphatic carbocycles. The van der Waals surface area contributed by atoms with Crippen molar-refractivity contribution in [3.63, 3.8) is 0 Å². The van der Waals surface area contributed by atoms with E-state index in [4.69, 9.17) is 9.47 Å². The number of hydrogen-bond donors (Lipinski definition) is 1. The Bertz CT molecular complexity index is 894. The first-order valence-electron chi connectivity index (χ1n) is 12.0. The molecular formula is C27H36N2O3. The molecule has 2 aliphatic rings. The van der Waals surface area contributed by atoms with E-state index in [1.807, 2.05) is 24.3 Å². The van der Waals surface area contributed by atoms with Crippen LogP contribution in [0.3, 0.4) is 0 Å². The zero-order valence-electron chi connectivity index (χ0n) is 19.4. The fourth-order valence-corrected chi connectivity index (χ4v) is 5.23. The summed E-state index contributed by atoms with van der Waals surface area (Å²) in [4.78, 5) is 15.9. The number of hydrogen-bond acceptors (Lipinski definition) is 5. The van der Waals surface area contributed by atoms with E-state index in [2.05, 4.69) is 41.5 Å². The van der Waals surface area contributed by atoms with Gasteiger partial charge in [-0.3, -0.25) is 9.69 Å². The normalized spacial score (nSPS) is 19.7. The third-order valence-corrected chi connectivity index (χ3v) is 7.01. The Morgan fingerprint density at radius 1 is 1.03 bits per heavy atom. The molecule has 4 rings (SSSR count). The molecule has 2 aromatic rings. The van der Waals surface area contributed by atoms with Crippen molar-refractivity contribution in [3.05, 3.63) is 54.1 Å². The van der Waals surface area contributed by atoms with E-state index in [-0.39, 0.29) is 18.0 Å². The second kappa shape index (κ2) is 10.9. The first-order valence-corrected chi connectivity index (χ1v) is 12.0. The highest BCUT2D eigenvalue weighted by molar-refractivity contribution is 5.87. The fourth-order valence-electron chi connectivity index (χ4n) is 5.23. The summed E-state index contributed by atoms with van der Waals surface area (Å²) in [5, 5.41) is 3.70. The summed E-state index contributed by atoms with van der Waals surface area (Å²) in [6.45, 7) is 1.19. The number of likely N-dealkylation sites (N-methyl/N-ethyl adjacent to an activating group) is 1. The Balaban J connectivity index is 1.46. The second-order valence-corrected chi connectivity index (χ2v) is 9.11. The molecule has 2 aromatic carbocycles. The molecule has 1 heterocycles. The second-order valence-electron chi connectivity index (χ2n) is 9.11. The van der Waals surface area contributed by atoms with Crippen LogP contribution in [0.25, 0.3) is 0 Å². The topological polar surface area (TPSA) is 50.8 Å². The maximum Gasteiger partial charge on any atom is 0.161 e. The summed E-state index contributed by atoms with van der Waals surface area (Å²) in [5.41, 5.74) is 2.51. The van der Waals surface area contributed by atoms with Gasteiger partial charge in [0.1, 0.15) is 6.61 Å². The number of Topliss-reactive ketones (excluding diaryl/α,β-unsaturated/α-hetero) is 1. The molecule has 0 aromatic heterocycles. The van der Waals surface area contributed by atoms with E-state index in [9.17, 15) is 4.79 Å². The van der Waals surface area contributed by atoms with Crippen molar-refractivity contribution in [2.45, 2.75) is 57.0 Å². The molecule has 32 heavy (non-hydrogen) atoms. The number of anilines is 1. The summed E-state index contributed by atoms with van der Waals surface area (Å²) in [6, 6.07) is 16.1. The van der Waals surface area contributed by atoms with E-state index in [1.54, 1.807) is 7.11 Å². The Morgan fingerprint density at radius 2 is 1.75 bits per heavy atom. The smallest absolute Gasteiger partial charge is 0.161 e. The third-order valence-electron chi connectivity index (χ3n) is 7.01. The van der Waals surface area contributed by atoms with E-state index >= 15 is 0 Å². The molecule has 2 atom stereocenters. The fraction of sp³-hybridized carbons (Fsp3) is 0.519. The Hall–Kier alpha value is -2.53. The minimum Gasteiger partial charge on any atom is -0.493 e. The number of nitrogens with zero attached hydrogens (tertiary/aromatic N) is 1. The van der Waals surface area contributed by atoms with Crippen LogP contribution in [0.5, 0.6) is 11.5 Å². The molecule has 2 unspecified atom stereocenters. The van der Waals surface area contributed by atoms with Gasteiger partial charge < -0.3 is 14.8 Å². The standard InChI is InChI=1S/C27H36N2O3/c1-29(18-19-32-25-15-9-8-14-24(25)31-2)26(27(30)21-11-4-3-5-12-21)23-17-16-20-10-6-7-13-22(20)28-23/h6-10,13-15,21,23,26,28H,3-5,11-12,16-19H2,1-2H3. The van der Waals surface area contributed by atoms with Crippen molar-refractivity contribution in [2.24, 2.45) is 5.92 Å². The lowest BCUT2D eigenvalue weighted by molar-refractivity contribution is -0.129. The lowest BCUT2D eigenvalue weighted by atomic mass is 9.80. The lowest BCUT2D eigenvalue weighted by Crippen LogP contribution is -2.54. The van der Waals surface area contributed by atoms with Gasteiger partial charge in [0, 0.05) is 24.2 Å². The highest BCUT2D eigenvalue weighted by Crippen LogP contribution is 2.32. The Morgan fingerprint density at radius 3 is 2.53 bits per heavy atom. The Kier molecular flexibility index (Phi) is 7.69. The van der Waals surface area contributed by atoms with Gasteiger partial charge in [-0.25, -0.2) is 0 Å². The molecule has 0 saturated heterocycles. The first-order chi connectivity index (χ1) is 15.7. The van der Waals surface area contributed by atoms with Crippen LogP contribution in [-0.4, -0.2) is 50.1 Å². The van der Waals surface area contributed by atoms with Crippen LogP contribution in [-0.2, 0) is 11.2 Å². The van der Waals surface area contributed by atoms with Gasteiger partial charge in [0.15, 0.2) is 17.3 Å². The zero-order chi connectivity index (χ0) is 22.3. The number of carbonyl (C=O) groups is 1. The molecule has 0 bridgehead atoms. The number of benzene rings is 2. The Labute approximate surface area is 192 Å². The number of aryl methyl sites for hydroxylation is 1. The molecule has 5 nitrogen and oxygen atoms in total. The number of ether oxygens (including phenoxy) is 2. The summed E-state index contributed by atoms with van der Waals surface area (Å²) in [5.74, 6) is 2.06. The van der Waals surface area contributed by atoms with Crippen LogP contribution in [0.1, 0.15) is 44.1 Å². The van der Waals surface area contributed by atoms with Crippen LogP contribution >= 0.6 is 0 Å². The van der Waals surface area contributed by atoms with Crippen LogP contribution in [0.15, 0.2) is 48.5 Å². The molecule has 1 fully saturated rings. The van der Waals surface area contributed by atoms with Crippen molar-refractivity contribution in [1.82, 2.24) is 4.90 Å². The summed E-state index contributed by atoms with van der Waals surface area (Å²) < 4.78 is 11.4. The van der Waals surface area contributed by atoms with Crippen molar-refractivity contribution in [1.29, 1.82) is 0 Å². The predicted octanol–water partition coefficient (Wildman–Crippen LogP) is 4.95. The molecule has 172 valence electrons. The first kappa shape index (κ1) is 22.7. The highest BCUT2D eigenvalue weighted by Gasteiger charge is 2.37. The van der Waals surface area contributed by atoms with Gasteiger partial charge in [-0.15, -0.1) is 0 Å². The minimum absolute atomic E-state index is 0.121. The summed E-state index contributed by atoms with van der Waals surface area (Å²) in [6.07, 6.45) is 7.64. The number of para-hydroxylation sites is 3. The SMILES string of the molecule is COc1ccccc1OCCN(C)C(C(=O)C1CCCCC1)C1CCc2ccccc2N1. The number of rotatable bonds is 9. The molecule has 1 aliphatic heterocycles. The van der Waals surface area contributed by atoms with Gasteiger partial charge in [0.2, 0.25) is 0 Å². The summed E-state index contributed by atoms with van der Waals surface area (Å²) >= 11 is 0. The van der Waals surface area contributed by atoms with Gasteiger partial charge in [-0.1, -0.05) is 49.6 Å². The maximum atomic E-state index is 13.7. The van der Waals surface area contributed by atoms with Gasteiger partial charge in [0.25, 0.3) is 0 Å². The number of carbonyl (C=O) groups excluding carboxylic acids is 1. The quantitative estimate of drug-likeness (QED) is 0.603. The predicted molar refractivity (Wildman–Crippen MR) is 129 cm³/mol. The van der Waals surface area contributed by atoms with Gasteiger partial charge in [-0.05, 0) is 56.5 Å². The molecule has 1 saturated carbocycles. The molecule has 0 radical (unpaired) electrons. The van der Waals surface area contributed by atoms with Crippen molar-refractivity contribution < 1.29 is 14.3 Å². The molecule has 5 heteroatoms. The molecule has 0 spiro atoms. The zero-order valence-corrected chi connectivity index (χ0v) is 19.4. The van der Waals surface area contributed by atoms with Gasteiger partial charge >= 0.3 is 0 Å². The number of nitrogens with one attached hydrogen (secondary N) is 1. The monoisotopic (exact) mass is 436 g/mol. The van der Waals surface area contributed by atoms with Crippen molar-refractivity contribution >= 4 is 11.5 Å². The number of fused-ring (bicyclic) bond motifs is 1. The van der Waals surface area contributed by atoms with E-state index in [1.165, 1.54) is 30.5 Å². The van der Waals surface area contributed by atoms with E-state index < -0.39 is 0 Å². The number of methoxy groups -OCH3 is 1. The number of ketones is 1. The van der Waals surface area contributed by atoms with Crippen molar-refractivity contribution in [3.8, 4) is 11.5 Å².